The molecule has 164 valence electrons. The molecule has 4 rings (SSSR count). The topological polar surface area (TPSA) is 71.7 Å². The number of anilines is 1. The van der Waals surface area contributed by atoms with Crippen LogP contribution in [0.2, 0.25) is 0 Å². The van der Waals surface area contributed by atoms with Gasteiger partial charge in [-0.1, -0.05) is 35.0 Å². The van der Waals surface area contributed by atoms with Crippen LogP contribution in [0.25, 0.3) is 11.4 Å². The number of hydrogen-bond acceptors (Lipinski definition) is 6. The Labute approximate surface area is 179 Å². The summed E-state index contributed by atoms with van der Waals surface area (Å²) < 4.78 is 60.5. The van der Waals surface area contributed by atoms with Gasteiger partial charge < -0.3 is 14.2 Å². The van der Waals surface area contributed by atoms with Crippen molar-refractivity contribution in [2.45, 2.75) is 18.2 Å². The first kappa shape index (κ1) is 21.3. The number of aryl methyl sites for hydroxylation is 1. The molecule has 1 aliphatic rings. The van der Waals surface area contributed by atoms with E-state index in [2.05, 4.69) is 14.9 Å². The van der Waals surface area contributed by atoms with E-state index in [1.807, 2.05) is 36.1 Å². The van der Waals surface area contributed by atoms with Crippen molar-refractivity contribution in [1.82, 2.24) is 14.4 Å². The van der Waals surface area contributed by atoms with Gasteiger partial charge in [-0.05, 0) is 31.2 Å². The second-order valence-electron chi connectivity index (χ2n) is 6.95. The summed E-state index contributed by atoms with van der Waals surface area (Å²) in [5, 5.41) is 4.03. The Morgan fingerprint density at radius 3 is 2.26 bits per heavy atom. The molecule has 0 amide bonds. The predicted octanol–water partition coefficient (Wildman–Crippen LogP) is 3.79. The average molecular weight is 452 g/mol. The van der Waals surface area contributed by atoms with Gasteiger partial charge in [-0.15, -0.1) is 13.2 Å². The second kappa shape index (κ2) is 8.67. The molecule has 11 heteroatoms. The van der Waals surface area contributed by atoms with E-state index < -0.39 is 17.3 Å². The third-order valence-corrected chi connectivity index (χ3v) is 6.24. The molecule has 1 aliphatic heterocycles. The molecule has 1 aromatic heterocycles. The van der Waals surface area contributed by atoms with Gasteiger partial charge in [0.15, 0.2) is 0 Å². The molecule has 1 unspecified atom stereocenters. The average Bonchev–Trinajstić information content (AvgIpc) is 3.24. The van der Waals surface area contributed by atoms with Crippen LogP contribution in [-0.2, 0) is 11.0 Å². The number of alkyl halides is 3. The van der Waals surface area contributed by atoms with E-state index in [0.717, 1.165) is 23.3 Å². The molecule has 0 bridgehead atoms. The van der Waals surface area contributed by atoms with Crippen LogP contribution in [0.5, 0.6) is 5.75 Å². The van der Waals surface area contributed by atoms with E-state index in [1.165, 1.54) is 12.1 Å². The zero-order valence-electron chi connectivity index (χ0n) is 16.5. The van der Waals surface area contributed by atoms with Crippen LogP contribution in [-0.4, -0.2) is 51.2 Å². The molecule has 1 saturated heterocycles. The minimum Gasteiger partial charge on any atom is -0.406 e. The van der Waals surface area contributed by atoms with Crippen molar-refractivity contribution in [2.24, 2.45) is 0 Å². The van der Waals surface area contributed by atoms with Crippen LogP contribution in [0, 0.1) is 6.92 Å². The zero-order chi connectivity index (χ0) is 22.0. The Morgan fingerprint density at radius 2 is 1.65 bits per heavy atom. The van der Waals surface area contributed by atoms with Crippen LogP contribution >= 0.6 is 0 Å². The normalized spacial score (nSPS) is 16.3. The summed E-state index contributed by atoms with van der Waals surface area (Å²) in [5.74, 6) is 0.154. The number of rotatable bonds is 5. The SMILES string of the molecule is Cc1ccc(-c2noc(N3CCN(S(=O)c4ccc(OC(F)(F)F)cc4)CC3)n2)cc1. The molecule has 2 heterocycles. The van der Waals surface area contributed by atoms with Gasteiger partial charge in [0.25, 0.3) is 0 Å². The molecular weight excluding hydrogens is 433 g/mol. The first-order valence-electron chi connectivity index (χ1n) is 9.47. The Morgan fingerprint density at radius 1 is 1.00 bits per heavy atom. The summed E-state index contributed by atoms with van der Waals surface area (Å²) >= 11 is 0. The van der Waals surface area contributed by atoms with Gasteiger partial charge in [0.05, 0.1) is 4.90 Å². The summed E-state index contributed by atoms with van der Waals surface area (Å²) in [5.41, 5.74) is 2.00. The highest BCUT2D eigenvalue weighted by atomic mass is 32.2. The quantitative estimate of drug-likeness (QED) is 0.587. The lowest BCUT2D eigenvalue weighted by Gasteiger charge is -2.32. The van der Waals surface area contributed by atoms with Crippen molar-refractivity contribution in [3.8, 4) is 17.1 Å². The lowest BCUT2D eigenvalue weighted by molar-refractivity contribution is -0.274. The van der Waals surface area contributed by atoms with Gasteiger partial charge >= 0.3 is 12.4 Å². The Hall–Kier alpha value is -2.92. The van der Waals surface area contributed by atoms with E-state index in [-0.39, 0.29) is 5.75 Å². The second-order valence-corrected chi connectivity index (χ2v) is 8.44. The number of benzene rings is 2. The first-order chi connectivity index (χ1) is 14.8. The minimum absolute atomic E-state index is 0.348. The van der Waals surface area contributed by atoms with Crippen molar-refractivity contribution < 1.29 is 26.6 Å². The number of aromatic nitrogens is 2. The van der Waals surface area contributed by atoms with Crippen molar-refractivity contribution in [1.29, 1.82) is 0 Å². The number of hydrogen-bond donors (Lipinski definition) is 0. The summed E-state index contributed by atoms with van der Waals surface area (Å²) in [7, 11) is -1.50. The Balaban J connectivity index is 1.35. The van der Waals surface area contributed by atoms with Crippen molar-refractivity contribution in [3.05, 3.63) is 54.1 Å². The summed E-state index contributed by atoms with van der Waals surface area (Å²) in [6.45, 7) is 3.98. The van der Waals surface area contributed by atoms with Gasteiger partial charge in [-0.2, -0.15) is 4.98 Å². The van der Waals surface area contributed by atoms with Crippen LogP contribution in [0.15, 0.2) is 57.9 Å². The maximum atomic E-state index is 12.8. The largest absolute Gasteiger partial charge is 0.573 e. The molecule has 31 heavy (non-hydrogen) atoms. The molecule has 2 aromatic carbocycles. The fourth-order valence-electron chi connectivity index (χ4n) is 3.12. The van der Waals surface area contributed by atoms with Crippen LogP contribution in [0.4, 0.5) is 19.2 Å². The molecular formula is C20H19F3N4O3S. The molecule has 0 N–H and O–H groups in total. The van der Waals surface area contributed by atoms with Gasteiger partial charge in [0.1, 0.15) is 16.7 Å². The van der Waals surface area contributed by atoms with Crippen molar-refractivity contribution >= 4 is 17.0 Å². The van der Waals surface area contributed by atoms with Gasteiger partial charge in [-0.25, -0.2) is 8.51 Å². The fraction of sp³-hybridized carbons (Fsp3) is 0.300. The van der Waals surface area contributed by atoms with Gasteiger partial charge in [-0.3, -0.25) is 0 Å². The van der Waals surface area contributed by atoms with Crippen molar-refractivity contribution in [3.63, 3.8) is 0 Å². The number of ether oxygens (including phenoxy) is 1. The number of piperazine rings is 1. The number of nitrogens with zero attached hydrogens (tertiary/aromatic N) is 4. The minimum atomic E-state index is -4.76. The Bertz CT molecular complexity index is 1050. The highest BCUT2D eigenvalue weighted by molar-refractivity contribution is 7.82. The maximum Gasteiger partial charge on any atom is 0.573 e. The predicted molar refractivity (Wildman–Crippen MR) is 108 cm³/mol. The maximum absolute atomic E-state index is 12.8. The molecule has 0 saturated carbocycles. The summed E-state index contributed by atoms with van der Waals surface area (Å²) in [6, 6.07) is 13.2. The molecule has 1 atom stereocenters. The molecule has 0 aliphatic carbocycles. The molecule has 1 fully saturated rings. The zero-order valence-corrected chi connectivity index (χ0v) is 17.3. The van der Waals surface area contributed by atoms with Crippen LogP contribution < -0.4 is 9.64 Å². The van der Waals surface area contributed by atoms with E-state index >= 15 is 0 Å². The van der Waals surface area contributed by atoms with Crippen molar-refractivity contribution in [2.75, 3.05) is 31.1 Å². The Kier molecular flexibility index (Phi) is 5.96. The highest BCUT2D eigenvalue weighted by Crippen LogP contribution is 2.25. The van der Waals surface area contributed by atoms with Crippen LogP contribution in [0.1, 0.15) is 5.56 Å². The fourth-order valence-corrected chi connectivity index (χ4v) is 4.28. The smallest absolute Gasteiger partial charge is 0.406 e. The van der Waals surface area contributed by atoms with E-state index in [1.54, 1.807) is 4.31 Å². The van der Waals surface area contributed by atoms with E-state index in [0.29, 0.717) is 42.9 Å². The molecule has 3 aromatic rings. The van der Waals surface area contributed by atoms with E-state index in [9.17, 15) is 17.4 Å². The third-order valence-electron chi connectivity index (χ3n) is 4.73. The highest BCUT2D eigenvalue weighted by Gasteiger charge is 2.31. The lowest BCUT2D eigenvalue weighted by atomic mass is 10.1. The van der Waals surface area contributed by atoms with E-state index in [4.69, 9.17) is 4.52 Å². The monoisotopic (exact) mass is 452 g/mol. The lowest BCUT2D eigenvalue weighted by Crippen LogP contribution is -2.47. The molecule has 0 spiro atoms. The first-order valence-corrected chi connectivity index (χ1v) is 10.6. The summed E-state index contributed by atoms with van der Waals surface area (Å²) in [6.07, 6.45) is -4.76. The van der Waals surface area contributed by atoms with Crippen LogP contribution in [0.3, 0.4) is 0 Å². The van der Waals surface area contributed by atoms with Gasteiger partial charge in [0, 0.05) is 31.7 Å². The number of halogens is 3. The standard InChI is InChI=1S/C20H19F3N4O3S/c1-14-2-4-15(5-3-14)18-24-19(30-25-18)26-10-12-27(13-11-26)31(28)17-8-6-16(7-9-17)29-20(21,22)23/h2-9H,10-13H2,1H3. The molecule has 0 radical (unpaired) electrons. The molecule has 7 nitrogen and oxygen atoms in total. The third kappa shape index (κ3) is 5.23. The van der Waals surface area contributed by atoms with Gasteiger partial charge in [0.2, 0.25) is 5.82 Å². The summed E-state index contributed by atoms with van der Waals surface area (Å²) in [4.78, 5) is 6.77.